The van der Waals surface area contributed by atoms with Crippen molar-refractivity contribution in [1.29, 1.82) is 5.26 Å². The van der Waals surface area contributed by atoms with E-state index in [-0.39, 0.29) is 27.9 Å². The Labute approximate surface area is 144 Å². The number of pyridine rings is 1. The number of aromatic nitrogens is 1. The fourth-order valence-corrected chi connectivity index (χ4v) is 3.02. The maximum atomic E-state index is 10.0. The second-order valence-electron chi connectivity index (χ2n) is 5.32. The summed E-state index contributed by atoms with van der Waals surface area (Å²) in [5, 5.41) is 19.7. The number of rotatable bonds is 3. The second kappa shape index (κ2) is 6.56. The number of fused-ring (bicyclic) bond motifs is 1. The van der Waals surface area contributed by atoms with E-state index in [1.165, 1.54) is 0 Å². The first-order valence-electron chi connectivity index (χ1n) is 7.51. The minimum absolute atomic E-state index is 0.132. The van der Waals surface area contributed by atoms with Crippen molar-refractivity contribution in [2.75, 3.05) is 18.9 Å². The number of nitriles is 1. The molecule has 3 rings (SSSR count). The minimum atomic E-state index is -0.132. The van der Waals surface area contributed by atoms with E-state index in [9.17, 15) is 10.4 Å². The quantitative estimate of drug-likeness (QED) is 0.886. The molecule has 0 radical (unpaired) electrons. The van der Waals surface area contributed by atoms with Crippen molar-refractivity contribution in [3.8, 4) is 28.7 Å². The van der Waals surface area contributed by atoms with Gasteiger partial charge in [0.2, 0.25) is 0 Å². The van der Waals surface area contributed by atoms with E-state index < -0.39 is 0 Å². The highest BCUT2D eigenvalue weighted by Gasteiger charge is 2.24. The summed E-state index contributed by atoms with van der Waals surface area (Å²) < 4.78 is 11.0. The Morgan fingerprint density at radius 2 is 2.29 bits per heavy atom. The van der Waals surface area contributed by atoms with Crippen LogP contribution < -0.4 is 10.5 Å². The number of nitrogens with zero attached hydrogens (tertiary/aromatic N) is 2. The molecule has 0 fully saturated rings. The fourth-order valence-electron chi connectivity index (χ4n) is 2.81. The van der Waals surface area contributed by atoms with Crippen molar-refractivity contribution in [3.05, 3.63) is 34.0 Å². The zero-order valence-corrected chi connectivity index (χ0v) is 13.9. The van der Waals surface area contributed by atoms with Gasteiger partial charge in [-0.15, -0.1) is 0 Å². The maximum Gasteiger partial charge on any atom is 0.176 e. The highest BCUT2D eigenvalue weighted by atomic mass is 35.5. The highest BCUT2D eigenvalue weighted by Crippen LogP contribution is 2.42. The van der Waals surface area contributed by atoms with Gasteiger partial charge in [0, 0.05) is 17.5 Å². The van der Waals surface area contributed by atoms with Gasteiger partial charge in [-0.2, -0.15) is 5.26 Å². The van der Waals surface area contributed by atoms with Gasteiger partial charge in [-0.05, 0) is 24.6 Å². The SMILES string of the molecule is CCOc1cc(-c2c(C#N)c(N)nc3c2COCC3)cc(Cl)c1O. The third-order valence-electron chi connectivity index (χ3n) is 3.87. The summed E-state index contributed by atoms with van der Waals surface area (Å²) in [7, 11) is 0. The average molecular weight is 346 g/mol. The predicted molar refractivity (Wildman–Crippen MR) is 90.0 cm³/mol. The molecule has 0 atom stereocenters. The summed E-state index contributed by atoms with van der Waals surface area (Å²) in [5.74, 6) is 0.299. The van der Waals surface area contributed by atoms with Crippen LogP contribution in [0, 0.1) is 11.3 Å². The topological polar surface area (TPSA) is 101 Å². The van der Waals surface area contributed by atoms with Crippen LogP contribution in [0.25, 0.3) is 11.1 Å². The van der Waals surface area contributed by atoms with Crippen LogP contribution in [-0.4, -0.2) is 23.3 Å². The Hall–Kier alpha value is -2.49. The second-order valence-corrected chi connectivity index (χ2v) is 5.73. The lowest BCUT2D eigenvalue weighted by atomic mass is 9.92. The Morgan fingerprint density at radius 1 is 1.50 bits per heavy atom. The number of hydrogen-bond donors (Lipinski definition) is 2. The van der Waals surface area contributed by atoms with Crippen LogP contribution in [0.2, 0.25) is 5.02 Å². The molecule has 0 spiro atoms. The smallest absolute Gasteiger partial charge is 0.176 e. The fraction of sp³-hybridized carbons (Fsp3) is 0.294. The Morgan fingerprint density at radius 3 is 3.00 bits per heavy atom. The average Bonchev–Trinajstić information content (AvgIpc) is 2.57. The summed E-state index contributed by atoms with van der Waals surface area (Å²) in [6.07, 6.45) is 0.627. The molecular weight excluding hydrogens is 330 g/mol. The largest absolute Gasteiger partial charge is 0.503 e. The number of benzene rings is 1. The number of hydrogen-bond acceptors (Lipinski definition) is 6. The summed E-state index contributed by atoms with van der Waals surface area (Å²) in [6, 6.07) is 5.34. The standard InChI is InChI=1S/C17H16ClN3O3/c1-2-24-14-6-9(5-12(18)16(14)22)15-10(7-19)17(20)21-13-3-4-23-8-11(13)15/h5-6,22H,2-4,8H2,1H3,(H2,20,21). The van der Waals surface area contributed by atoms with E-state index in [2.05, 4.69) is 11.1 Å². The number of anilines is 1. The lowest BCUT2D eigenvalue weighted by Crippen LogP contribution is -2.16. The molecule has 0 aliphatic carbocycles. The van der Waals surface area contributed by atoms with Gasteiger partial charge in [-0.25, -0.2) is 4.98 Å². The molecule has 0 saturated carbocycles. The lowest BCUT2D eigenvalue weighted by Gasteiger charge is -2.22. The number of aromatic hydroxyl groups is 1. The van der Waals surface area contributed by atoms with Gasteiger partial charge in [-0.3, -0.25) is 0 Å². The van der Waals surface area contributed by atoms with Crippen LogP contribution in [0.5, 0.6) is 11.5 Å². The summed E-state index contributed by atoms with van der Waals surface area (Å²) in [5.41, 5.74) is 9.13. The van der Waals surface area contributed by atoms with Gasteiger partial charge in [-0.1, -0.05) is 11.6 Å². The van der Waals surface area contributed by atoms with Crippen LogP contribution in [0.1, 0.15) is 23.7 Å². The first kappa shape index (κ1) is 16.4. The summed E-state index contributed by atoms with van der Waals surface area (Å²) in [4.78, 5) is 4.33. The Balaban J connectivity index is 2.30. The number of halogens is 1. The van der Waals surface area contributed by atoms with Gasteiger partial charge < -0.3 is 20.3 Å². The molecule has 124 valence electrons. The molecule has 0 bridgehead atoms. The molecular formula is C17H16ClN3O3. The minimum Gasteiger partial charge on any atom is -0.503 e. The molecule has 1 aliphatic heterocycles. The van der Waals surface area contributed by atoms with Crippen molar-refractivity contribution in [3.63, 3.8) is 0 Å². The molecule has 2 aromatic rings. The molecule has 6 nitrogen and oxygen atoms in total. The molecule has 24 heavy (non-hydrogen) atoms. The molecule has 7 heteroatoms. The van der Waals surface area contributed by atoms with Crippen molar-refractivity contribution in [1.82, 2.24) is 4.98 Å². The molecule has 0 saturated heterocycles. The molecule has 1 aliphatic rings. The van der Waals surface area contributed by atoms with Crippen LogP contribution >= 0.6 is 11.6 Å². The number of ether oxygens (including phenoxy) is 2. The zero-order valence-electron chi connectivity index (χ0n) is 13.1. The Bertz CT molecular complexity index is 846. The van der Waals surface area contributed by atoms with Crippen molar-refractivity contribution >= 4 is 17.4 Å². The highest BCUT2D eigenvalue weighted by molar-refractivity contribution is 6.32. The zero-order chi connectivity index (χ0) is 17.3. The predicted octanol–water partition coefficient (Wildman–Crippen LogP) is 3.03. The number of nitrogen functional groups attached to an aromatic ring is 1. The number of phenolic OH excluding ortho intramolecular Hbond substituents is 1. The van der Waals surface area contributed by atoms with Crippen molar-refractivity contribution in [2.24, 2.45) is 0 Å². The summed E-state index contributed by atoms with van der Waals surface area (Å²) in [6.45, 7) is 3.08. The van der Waals surface area contributed by atoms with Gasteiger partial charge >= 0.3 is 0 Å². The molecule has 2 heterocycles. The third-order valence-corrected chi connectivity index (χ3v) is 4.16. The van der Waals surface area contributed by atoms with E-state index in [0.717, 1.165) is 11.3 Å². The van der Waals surface area contributed by atoms with E-state index in [1.807, 2.05) is 0 Å². The van der Waals surface area contributed by atoms with Crippen molar-refractivity contribution < 1.29 is 14.6 Å². The summed E-state index contributed by atoms with van der Waals surface area (Å²) >= 11 is 6.13. The first-order chi connectivity index (χ1) is 11.6. The van der Waals surface area contributed by atoms with Gasteiger partial charge in [0.1, 0.15) is 17.5 Å². The van der Waals surface area contributed by atoms with E-state index in [0.29, 0.717) is 37.4 Å². The molecule has 1 aromatic heterocycles. The van der Waals surface area contributed by atoms with Gasteiger partial charge in [0.25, 0.3) is 0 Å². The Kier molecular flexibility index (Phi) is 4.47. The lowest BCUT2D eigenvalue weighted by molar-refractivity contribution is 0.109. The van der Waals surface area contributed by atoms with Crippen LogP contribution in [-0.2, 0) is 17.8 Å². The third kappa shape index (κ3) is 2.73. The normalized spacial score (nSPS) is 13.2. The molecule has 0 amide bonds. The van der Waals surface area contributed by atoms with Gasteiger partial charge in [0.05, 0.1) is 30.5 Å². The monoisotopic (exact) mass is 345 g/mol. The molecule has 1 aromatic carbocycles. The number of phenols is 1. The van der Waals surface area contributed by atoms with E-state index >= 15 is 0 Å². The van der Waals surface area contributed by atoms with Crippen LogP contribution in [0.3, 0.4) is 0 Å². The molecule has 3 N–H and O–H groups in total. The molecule has 0 unspecified atom stereocenters. The van der Waals surface area contributed by atoms with E-state index in [4.69, 9.17) is 26.8 Å². The first-order valence-corrected chi connectivity index (χ1v) is 7.89. The van der Waals surface area contributed by atoms with Crippen molar-refractivity contribution in [2.45, 2.75) is 20.0 Å². The van der Waals surface area contributed by atoms with Crippen LogP contribution in [0.4, 0.5) is 5.82 Å². The number of nitrogens with two attached hydrogens (primary N) is 1. The van der Waals surface area contributed by atoms with Gasteiger partial charge in [0.15, 0.2) is 11.5 Å². The van der Waals surface area contributed by atoms with E-state index in [1.54, 1.807) is 19.1 Å². The maximum absolute atomic E-state index is 10.0. The van der Waals surface area contributed by atoms with Crippen LogP contribution in [0.15, 0.2) is 12.1 Å².